The van der Waals surface area contributed by atoms with Gasteiger partial charge in [-0.05, 0) is 70.6 Å². The minimum absolute atomic E-state index is 0.249. The first-order valence-corrected chi connectivity index (χ1v) is 34.3. The molecule has 0 aromatic rings. The Hall–Kier alpha value is -2.83. The van der Waals surface area contributed by atoms with Gasteiger partial charge in [-0.2, -0.15) is 0 Å². The molecule has 0 radical (unpaired) electrons. The monoisotopic (exact) mass is 1200 g/mol. The highest BCUT2D eigenvalue weighted by Gasteiger charge is 2.51. The Bertz CT molecular complexity index is 1750. The Labute approximate surface area is 516 Å². The smallest absolute Gasteiger partial charge is 0.220 e. The van der Waals surface area contributed by atoms with E-state index >= 15 is 0 Å². The van der Waals surface area contributed by atoms with Crippen molar-refractivity contribution in [3.05, 3.63) is 85.1 Å². The number of hydrogen-bond acceptors (Lipinski definition) is 13. The molecule has 12 atom stereocenters. The molecule has 0 aliphatic carbocycles. The summed E-state index contributed by atoms with van der Waals surface area (Å²) in [6, 6.07) is -0.926. The number of ether oxygens (including phenoxy) is 4. The van der Waals surface area contributed by atoms with Crippen LogP contribution in [0.4, 0.5) is 0 Å². The number of amides is 1. The van der Waals surface area contributed by atoms with Gasteiger partial charge in [-0.15, -0.1) is 0 Å². The fourth-order valence-corrected chi connectivity index (χ4v) is 10.9. The van der Waals surface area contributed by atoms with Crippen LogP contribution in [0.25, 0.3) is 0 Å². The number of nitrogens with one attached hydrogen (secondary N) is 1. The average molecular weight is 1200 g/mol. The molecule has 2 fully saturated rings. The van der Waals surface area contributed by atoms with E-state index in [1.165, 1.54) is 148 Å². The van der Waals surface area contributed by atoms with Gasteiger partial charge in [0, 0.05) is 6.42 Å². The predicted octanol–water partition coefficient (Wildman–Crippen LogP) is 13.6. The van der Waals surface area contributed by atoms with Crippen molar-refractivity contribution in [1.29, 1.82) is 0 Å². The molecular weight excluding hydrogens is 1070 g/mol. The van der Waals surface area contributed by atoms with Crippen molar-refractivity contribution in [3.8, 4) is 0 Å². The van der Waals surface area contributed by atoms with Gasteiger partial charge in [-0.1, -0.05) is 272 Å². The van der Waals surface area contributed by atoms with Gasteiger partial charge >= 0.3 is 0 Å². The van der Waals surface area contributed by atoms with Crippen LogP contribution in [0.2, 0.25) is 0 Å². The second kappa shape index (κ2) is 55.3. The molecule has 9 N–H and O–H groups in total. The van der Waals surface area contributed by atoms with E-state index in [1.807, 2.05) is 6.08 Å². The van der Waals surface area contributed by atoms with Gasteiger partial charge < -0.3 is 65.1 Å². The van der Waals surface area contributed by atoms with Crippen molar-refractivity contribution >= 4 is 5.91 Å². The Morgan fingerprint density at radius 1 is 0.435 bits per heavy atom. The average Bonchev–Trinajstić information content (AvgIpc) is 3.68. The summed E-state index contributed by atoms with van der Waals surface area (Å²) < 4.78 is 22.8. The number of aliphatic hydroxyl groups excluding tert-OH is 8. The summed E-state index contributed by atoms with van der Waals surface area (Å²) in [5.74, 6) is -0.249. The Morgan fingerprint density at radius 2 is 0.812 bits per heavy atom. The van der Waals surface area contributed by atoms with Crippen LogP contribution >= 0.6 is 0 Å². The summed E-state index contributed by atoms with van der Waals surface area (Å²) in [6.45, 7) is 2.70. The molecule has 14 heteroatoms. The molecule has 0 spiro atoms. The van der Waals surface area contributed by atoms with E-state index in [9.17, 15) is 45.6 Å². The van der Waals surface area contributed by atoms with E-state index in [0.29, 0.717) is 6.42 Å². The first-order valence-electron chi connectivity index (χ1n) is 34.3. The zero-order chi connectivity index (χ0) is 61.6. The minimum Gasteiger partial charge on any atom is -0.394 e. The van der Waals surface area contributed by atoms with Crippen LogP contribution < -0.4 is 5.32 Å². The summed E-state index contributed by atoms with van der Waals surface area (Å²) in [4.78, 5) is 13.3. The van der Waals surface area contributed by atoms with Crippen molar-refractivity contribution < 1.29 is 64.6 Å². The number of carbonyl (C=O) groups is 1. The summed E-state index contributed by atoms with van der Waals surface area (Å²) in [7, 11) is 0. The molecular formula is C71H125NO13. The topological polar surface area (TPSA) is 228 Å². The molecule has 14 nitrogen and oxygen atoms in total. The van der Waals surface area contributed by atoms with Crippen LogP contribution in [0.15, 0.2) is 85.1 Å². The van der Waals surface area contributed by atoms with Crippen molar-refractivity contribution in [2.24, 2.45) is 0 Å². The summed E-state index contributed by atoms with van der Waals surface area (Å²) >= 11 is 0. The van der Waals surface area contributed by atoms with E-state index in [4.69, 9.17) is 18.9 Å². The fourth-order valence-electron chi connectivity index (χ4n) is 10.9. The van der Waals surface area contributed by atoms with Crippen LogP contribution in [-0.4, -0.2) is 140 Å². The zero-order valence-electron chi connectivity index (χ0n) is 53.3. The molecule has 2 rings (SSSR count). The number of carbonyl (C=O) groups excluding carboxylic acids is 1. The van der Waals surface area contributed by atoms with Crippen molar-refractivity contribution in [2.75, 3.05) is 19.8 Å². The SMILES string of the molecule is CC/C=C\C/C=C\C/C=C\C/C=C\C/C=C\C/C=C\CCCCCCCCCCC(=O)NC(COC1OC(CO)C(OC2OC(CO)C(O)C(O)C2O)C(O)C1O)C(O)/C=C/CCCCCCCCCCCCCCCCCCCCCCCC. The summed E-state index contributed by atoms with van der Waals surface area (Å²) in [5, 5.41) is 87.4. The number of allylic oxidation sites excluding steroid dienone is 13. The number of rotatable bonds is 55. The van der Waals surface area contributed by atoms with Gasteiger partial charge in [0.15, 0.2) is 12.6 Å². The van der Waals surface area contributed by atoms with Crippen molar-refractivity contribution in [1.82, 2.24) is 5.32 Å². The lowest BCUT2D eigenvalue weighted by atomic mass is 9.97. The maximum Gasteiger partial charge on any atom is 0.220 e. The van der Waals surface area contributed by atoms with Crippen LogP contribution in [0.3, 0.4) is 0 Å². The molecule has 0 saturated carbocycles. The largest absolute Gasteiger partial charge is 0.394 e. The van der Waals surface area contributed by atoms with Crippen LogP contribution in [0, 0.1) is 0 Å². The van der Waals surface area contributed by atoms with Gasteiger partial charge in [0.1, 0.15) is 48.8 Å². The lowest BCUT2D eigenvalue weighted by molar-refractivity contribution is -0.359. The molecule has 1 amide bonds. The second-order valence-corrected chi connectivity index (χ2v) is 23.9. The van der Waals surface area contributed by atoms with E-state index in [0.717, 1.165) is 89.9 Å². The van der Waals surface area contributed by atoms with Gasteiger partial charge in [-0.25, -0.2) is 0 Å². The van der Waals surface area contributed by atoms with Crippen molar-refractivity contribution in [3.63, 3.8) is 0 Å². The van der Waals surface area contributed by atoms with Crippen LogP contribution in [0.1, 0.15) is 264 Å². The molecule has 0 aromatic carbocycles. The highest BCUT2D eigenvalue weighted by atomic mass is 16.7. The molecule has 0 aromatic heterocycles. The molecule has 0 bridgehead atoms. The molecule has 2 saturated heterocycles. The van der Waals surface area contributed by atoms with E-state index < -0.39 is 86.8 Å². The summed E-state index contributed by atoms with van der Waals surface area (Å²) in [5.41, 5.74) is 0. The first-order chi connectivity index (χ1) is 41.6. The molecule has 12 unspecified atom stereocenters. The van der Waals surface area contributed by atoms with Crippen LogP contribution in [0.5, 0.6) is 0 Å². The van der Waals surface area contributed by atoms with Gasteiger partial charge in [-0.3, -0.25) is 4.79 Å². The summed E-state index contributed by atoms with van der Waals surface area (Å²) in [6.07, 6.45) is 59.0. The number of hydrogen-bond donors (Lipinski definition) is 9. The first kappa shape index (κ1) is 78.3. The quantitative estimate of drug-likeness (QED) is 0.0204. The Balaban J connectivity index is 1.71. The number of aliphatic hydroxyl groups is 8. The van der Waals surface area contributed by atoms with Crippen LogP contribution in [-0.2, 0) is 23.7 Å². The third-order valence-corrected chi connectivity index (χ3v) is 16.3. The third kappa shape index (κ3) is 39.7. The Morgan fingerprint density at radius 3 is 1.25 bits per heavy atom. The normalized spacial score (nSPS) is 24.1. The lowest BCUT2D eigenvalue weighted by Gasteiger charge is -2.46. The van der Waals surface area contributed by atoms with Gasteiger partial charge in [0.05, 0.1) is 32.0 Å². The standard InChI is InChI=1S/C71H125NO13/c1-3-5-7-9-11-13-15-17-19-21-23-25-27-29-30-31-33-35-37-39-41-43-45-47-49-51-53-55-63(76)72-59(58-82-70-68(81)66(79)69(62(57-74)84-70)85-71-67(80)65(78)64(77)61(56-73)83-71)60(75)54-52-50-48-46-44-42-40-38-36-34-32-28-26-24-22-20-18-16-14-12-10-8-6-4-2/h5,7,11,13,17,19,23,25,29-30,33,35,52,54,59-62,64-71,73-75,77-81H,3-4,6,8-10,12,14-16,18,20-22,24,26-28,31-32,34,36-51,53,55-58H2,1-2H3,(H,72,76)/b7-5-,13-11-,19-17-,25-23-,30-29-,35-33-,54-52+. The minimum atomic E-state index is -1.79. The Kier molecular flexibility index (Phi) is 50.9. The van der Waals surface area contributed by atoms with E-state index in [-0.39, 0.29) is 18.9 Å². The van der Waals surface area contributed by atoms with E-state index in [2.05, 4.69) is 92.1 Å². The molecule has 2 aliphatic rings. The number of unbranched alkanes of at least 4 members (excludes halogenated alkanes) is 30. The highest BCUT2D eigenvalue weighted by molar-refractivity contribution is 5.76. The van der Waals surface area contributed by atoms with Gasteiger partial charge in [0.2, 0.25) is 5.91 Å². The third-order valence-electron chi connectivity index (χ3n) is 16.3. The maximum atomic E-state index is 13.3. The molecule has 2 heterocycles. The molecule has 492 valence electrons. The maximum absolute atomic E-state index is 13.3. The molecule has 2 aliphatic heterocycles. The predicted molar refractivity (Wildman–Crippen MR) is 346 cm³/mol. The highest BCUT2D eigenvalue weighted by Crippen LogP contribution is 2.30. The zero-order valence-corrected chi connectivity index (χ0v) is 53.3. The van der Waals surface area contributed by atoms with Gasteiger partial charge in [0.25, 0.3) is 0 Å². The lowest BCUT2D eigenvalue weighted by Crippen LogP contribution is -2.65. The molecule has 85 heavy (non-hydrogen) atoms. The van der Waals surface area contributed by atoms with E-state index in [1.54, 1.807) is 6.08 Å². The van der Waals surface area contributed by atoms with Crippen molar-refractivity contribution in [2.45, 2.75) is 338 Å². The second-order valence-electron chi connectivity index (χ2n) is 23.9. The fraction of sp³-hybridized carbons (Fsp3) is 0.789.